The molecule has 0 unspecified atom stereocenters. The number of rotatable bonds is 3. The average molecular weight is 242 g/mol. The number of sulfone groups is 1. The summed E-state index contributed by atoms with van der Waals surface area (Å²) in [6.07, 6.45) is 1.05. The van der Waals surface area contributed by atoms with E-state index in [0.29, 0.717) is 0 Å². The van der Waals surface area contributed by atoms with Crippen LogP contribution in [-0.2, 0) is 15.6 Å². The summed E-state index contributed by atoms with van der Waals surface area (Å²) in [4.78, 5) is 0.0205. The lowest BCUT2D eigenvalue weighted by Crippen LogP contribution is -2.05. The van der Waals surface area contributed by atoms with E-state index >= 15 is 0 Å². The van der Waals surface area contributed by atoms with Crippen LogP contribution < -0.4 is 0 Å². The van der Waals surface area contributed by atoms with Crippen molar-refractivity contribution in [1.29, 1.82) is 0 Å². The topological polar surface area (TPSA) is 73.1 Å². The molecule has 0 amide bonds. The largest absolute Gasteiger partial charge is 0.427 e. The second kappa shape index (κ2) is 4.01. The summed E-state index contributed by atoms with van der Waals surface area (Å²) in [6, 6.07) is 4.56. The molecule has 0 spiro atoms. The second-order valence-electron chi connectivity index (χ2n) is 3.05. The summed E-state index contributed by atoms with van der Waals surface area (Å²) in [6.45, 7) is 0. The van der Waals surface area contributed by atoms with Crippen LogP contribution in [0.3, 0.4) is 0 Å². The lowest BCUT2D eigenvalue weighted by atomic mass is 10.4. The van der Waals surface area contributed by atoms with Crippen LogP contribution in [0.15, 0.2) is 40.0 Å². The highest BCUT2D eigenvalue weighted by Crippen LogP contribution is 2.15. The Balaban J connectivity index is 2.29. The Morgan fingerprint density at radius 1 is 1.25 bits per heavy atom. The van der Waals surface area contributed by atoms with Gasteiger partial charge >= 0.3 is 0 Å². The van der Waals surface area contributed by atoms with E-state index in [0.717, 1.165) is 18.5 Å². The van der Waals surface area contributed by atoms with E-state index < -0.39 is 21.4 Å². The first kappa shape index (κ1) is 10.7. The number of aromatic nitrogens is 2. The third kappa shape index (κ3) is 2.25. The predicted octanol–water partition coefficient (Wildman–Crippen LogP) is 1.18. The molecule has 1 aromatic carbocycles. The zero-order chi connectivity index (χ0) is 11.6. The normalized spacial score (nSPS) is 11.6. The molecule has 0 fully saturated rings. The van der Waals surface area contributed by atoms with Crippen molar-refractivity contribution in [2.24, 2.45) is 0 Å². The molecule has 7 heteroatoms. The highest BCUT2D eigenvalue weighted by atomic mass is 32.2. The molecule has 5 nitrogen and oxygen atoms in total. The summed E-state index contributed by atoms with van der Waals surface area (Å²) >= 11 is 0. The molecule has 0 aliphatic rings. The van der Waals surface area contributed by atoms with E-state index in [9.17, 15) is 12.8 Å². The standard InChI is InChI=1S/C9H7FN2O3S/c10-7-1-3-8(4-2-7)16(13,14)5-9-12-11-6-15-9/h1-4,6H,5H2. The maximum atomic E-state index is 12.6. The highest BCUT2D eigenvalue weighted by molar-refractivity contribution is 7.90. The summed E-state index contributed by atoms with van der Waals surface area (Å²) in [5.41, 5.74) is 0. The predicted molar refractivity (Wildman–Crippen MR) is 51.6 cm³/mol. The summed E-state index contributed by atoms with van der Waals surface area (Å²) < 4.78 is 40.9. The van der Waals surface area contributed by atoms with Crippen molar-refractivity contribution in [2.75, 3.05) is 0 Å². The minimum Gasteiger partial charge on any atom is -0.427 e. The molecule has 0 N–H and O–H groups in total. The van der Waals surface area contributed by atoms with Crippen LogP contribution in [-0.4, -0.2) is 18.6 Å². The summed E-state index contributed by atoms with van der Waals surface area (Å²) in [5, 5.41) is 6.85. The smallest absolute Gasteiger partial charge is 0.231 e. The van der Waals surface area contributed by atoms with Gasteiger partial charge in [-0.25, -0.2) is 12.8 Å². The molecule has 0 radical (unpaired) electrons. The maximum Gasteiger partial charge on any atom is 0.231 e. The minimum absolute atomic E-state index is 0.00400. The van der Waals surface area contributed by atoms with E-state index in [1.54, 1.807) is 0 Å². The molecule has 0 saturated heterocycles. The molecule has 0 saturated carbocycles. The minimum atomic E-state index is -3.56. The molecule has 2 rings (SSSR count). The molecular weight excluding hydrogens is 235 g/mol. The Kier molecular flexibility index (Phi) is 2.69. The first-order valence-electron chi connectivity index (χ1n) is 4.31. The first-order valence-corrected chi connectivity index (χ1v) is 5.96. The molecule has 1 heterocycles. The SMILES string of the molecule is O=S(=O)(Cc1nnco1)c1ccc(F)cc1. The number of hydrogen-bond donors (Lipinski definition) is 0. The Labute approximate surface area is 90.8 Å². The van der Waals surface area contributed by atoms with Gasteiger partial charge in [-0.15, -0.1) is 10.2 Å². The van der Waals surface area contributed by atoms with Gasteiger partial charge in [-0.2, -0.15) is 0 Å². The molecule has 0 bridgehead atoms. The van der Waals surface area contributed by atoms with Crippen LogP contribution in [0.25, 0.3) is 0 Å². The van der Waals surface area contributed by atoms with Gasteiger partial charge in [-0.1, -0.05) is 0 Å². The fourth-order valence-electron chi connectivity index (χ4n) is 1.15. The average Bonchev–Trinajstić information content (AvgIpc) is 2.70. The molecule has 0 aliphatic heterocycles. The van der Waals surface area contributed by atoms with Crippen LogP contribution >= 0.6 is 0 Å². The second-order valence-corrected chi connectivity index (χ2v) is 5.04. The van der Waals surface area contributed by atoms with E-state index in [-0.39, 0.29) is 10.8 Å². The zero-order valence-corrected chi connectivity index (χ0v) is 8.82. The van der Waals surface area contributed by atoms with Crippen molar-refractivity contribution < 1.29 is 17.2 Å². The van der Waals surface area contributed by atoms with Crippen molar-refractivity contribution in [3.63, 3.8) is 0 Å². The van der Waals surface area contributed by atoms with Crippen LogP contribution in [0, 0.1) is 5.82 Å². The molecule has 0 atom stereocenters. The Morgan fingerprint density at radius 2 is 1.94 bits per heavy atom. The van der Waals surface area contributed by atoms with Crippen LogP contribution in [0.5, 0.6) is 0 Å². The van der Waals surface area contributed by atoms with Gasteiger partial charge in [0.2, 0.25) is 12.3 Å². The van der Waals surface area contributed by atoms with Crippen molar-refractivity contribution in [3.8, 4) is 0 Å². The van der Waals surface area contributed by atoms with Crippen LogP contribution in [0.1, 0.15) is 5.89 Å². The van der Waals surface area contributed by atoms with Gasteiger partial charge < -0.3 is 4.42 Å². The fraction of sp³-hybridized carbons (Fsp3) is 0.111. The lowest BCUT2D eigenvalue weighted by Gasteiger charge is -2.00. The van der Waals surface area contributed by atoms with Gasteiger partial charge in [0, 0.05) is 0 Å². The van der Waals surface area contributed by atoms with E-state index in [2.05, 4.69) is 10.2 Å². The van der Waals surface area contributed by atoms with E-state index in [1.165, 1.54) is 12.1 Å². The highest BCUT2D eigenvalue weighted by Gasteiger charge is 2.18. The van der Waals surface area contributed by atoms with Gasteiger partial charge in [0.25, 0.3) is 0 Å². The van der Waals surface area contributed by atoms with Crippen molar-refractivity contribution in [1.82, 2.24) is 10.2 Å². The van der Waals surface area contributed by atoms with Gasteiger partial charge in [0.1, 0.15) is 11.6 Å². The van der Waals surface area contributed by atoms with Crippen LogP contribution in [0.2, 0.25) is 0 Å². The fourth-order valence-corrected chi connectivity index (χ4v) is 2.31. The lowest BCUT2D eigenvalue weighted by molar-refractivity contribution is 0.506. The Morgan fingerprint density at radius 3 is 2.50 bits per heavy atom. The number of hydrogen-bond acceptors (Lipinski definition) is 5. The summed E-state index contributed by atoms with van der Waals surface area (Å²) in [5.74, 6) is -0.875. The molecule has 2 aromatic rings. The van der Waals surface area contributed by atoms with E-state index in [4.69, 9.17) is 4.42 Å². The summed E-state index contributed by atoms with van der Waals surface area (Å²) in [7, 11) is -3.56. The molecular formula is C9H7FN2O3S. The number of benzene rings is 1. The number of nitrogens with zero attached hydrogens (tertiary/aromatic N) is 2. The monoisotopic (exact) mass is 242 g/mol. The van der Waals surface area contributed by atoms with Crippen molar-refractivity contribution in [2.45, 2.75) is 10.6 Å². The molecule has 16 heavy (non-hydrogen) atoms. The van der Waals surface area contributed by atoms with Crippen LogP contribution in [0.4, 0.5) is 4.39 Å². The Hall–Kier alpha value is -1.76. The quantitative estimate of drug-likeness (QED) is 0.756. The maximum absolute atomic E-state index is 12.6. The van der Waals surface area contributed by atoms with Gasteiger partial charge in [-0.05, 0) is 24.3 Å². The van der Waals surface area contributed by atoms with Crippen molar-refractivity contribution in [3.05, 3.63) is 42.4 Å². The molecule has 1 aromatic heterocycles. The van der Waals surface area contributed by atoms with Gasteiger partial charge in [-0.3, -0.25) is 0 Å². The molecule has 84 valence electrons. The van der Waals surface area contributed by atoms with Crippen molar-refractivity contribution >= 4 is 9.84 Å². The van der Waals surface area contributed by atoms with Gasteiger partial charge in [0.15, 0.2) is 9.84 Å². The third-order valence-corrected chi connectivity index (χ3v) is 3.51. The first-order chi connectivity index (χ1) is 7.58. The Bertz CT molecular complexity index is 563. The van der Waals surface area contributed by atoms with Gasteiger partial charge in [0.05, 0.1) is 4.90 Å². The van der Waals surface area contributed by atoms with E-state index in [1.807, 2.05) is 0 Å². The third-order valence-electron chi connectivity index (χ3n) is 1.89. The molecule has 0 aliphatic carbocycles. The zero-order valence-electron chi connectivity index (χ0n) is 8.00. The number of halogens is 1.